The zero-order valence-corrected chi connectivity index (χ0v) is 19.3. The Morgan fingerprint density at radius 3 is 2.39 bits per heavy atom. The second-order valence-corrected chi connectivity index (χ2v) is 10.4. The fourth-order valence-corrected chi connectivity index (χ4v) is 4.96. The van der Waals surface area contributed by atoms with Gasteiger partial charge in [0.15, 0.2) is 10.8 Å². The van der Waals surface area contributed by atoms with Gasteiger partial charge < -0.3 is 10.4 Å². The summed E-state index contributed by atoms with van der Waals surface area (Å²) in [6, 6.07) is 4.92. The van der Waals surface area contributed by atoms with Crippen LogP contribution >= 0.6 is 0 Å². The number of aromatic nitrogens is 3. The highest BCUT2D eigenvalue weighted by molar-refractivity contribution is 7.90. The number of nitrogens with zero attached hydrogens (tertiary/aromatic N) is 3. The minimum atomic E-state index is -4.43. The van der Waals surface area contributed by atoms with E-state index in [4.69, 9.17) is 0 Å². The van der Waals surface area contributed by atoms with E-state index in [0.717, 1.165) is 12.4 Å². The van der Waals surface area contributed by atoms with Crippen molar-refractivity contribution in [1.29, 1.82) is 0 Å². The Bertz CT molecular complexity index is 1300. The van der Waals surface area contributed by atoms with Crippen molar-refractivity contribution in [3.63, 3.8) is 0 Å². The minimum absolute atomic E-state index is 0.0981. The molecule has 0 aliphatic carbocycles. The molecule has 11 heteroatoms. The second kappa shape index (κ2) is 8.89. The summed E-state index contributed by atoms with van der Waals surface area (Å²) in [5, 5.41) is 11.2. The van der Waals surface area contributed by atoms with E-state index in [0.29, 0.717) is 9.54 Å². The van der Waals surface area contributed by atoms with Crippen LogP contribution in [0, 0.1) is 24.1 Å². The highest BCUT2D eigenvalue weighted by Gasteiger charge is 2.33. The molecular formula is C22H24F2N4O4S. The van der Waals surface area contributed by atoms with Crippen LogP contribution in [0.1, 0.15) is 31.9 Å². The molecule has 33 heavy (non-hydrogen) atoms. The van der Waals surface area contributed by atoms with E-state index in [2.05, 4.69) is 15.3 Å². The molecule has 0 saturated carbocycles. The van der Waals surface area contributed by atoms with Gasteiger partial charge in [-0.1, -0.05) is 26.8 Å². The van der Waals surface area contributed by atoms with Crippen LogP contribution in [0.2, 0.25) is 0 Å². The molecular weight excluding hydrogens is 454 g/mol. The molecule has 176 valence electrons. The zero-order valence-electron chi connectivity index (χ0n) is 18.5. The van der Waals surface area contributed by atoms with Gasteiger partial charge in [-0.25, -0.2) is 23.1 Å². The third-order valence-electron chi connectivity index (χ3n) is 5.23. The van der Waals surface area contributed by atoms with Gasteiger partial charge in [-0.15, -0.1) is 0 Å². The predicted octanol–water partition coefficient (Wildman–Crippen LogP) is 3.99. The van der Waals surface area contributed by atoms with Crippen molar-refractivity contribution in [1.82, 2.24) is 19.3 Å². The first kappa shape index (κ1) is 24.3. The number of carboxylic acid groups (broad SMARTS) is 1. The van der Waals surface area contributed by atoms with Crippen LogP contribution in [0.5, 0.6) is 0 Å². The summed E-state index contributed by atoms with van der Waals surface area (Å²) in [7, 11) is -4.43. The van der Waals surface area contributed by atoms with E-state index in [1.54, 1.807) is 26.8 Å². The van der Waals surface area contributed by atoms with Crippen molar-refractivity contribution < 1.29 is 27.1 Å². The number of hydrogen-bond donors (Lipinski definition) is 2. The number of pyridine rings is 2. The highest BCUT2D eigenvalue weighted by atomic mass is 32.2. The second-order valence-electron chi connectivity index (χ2n) is 8.66. The fraction of sp³-hybridized carbons (Fsp3) is 0.318. The highest BCUT2D eigenvalue weighted by Crippen LogP contribution is 2.34. The Morgan fingerprint density at radius 2 is 1.82 bits per heavy atom. The van der Waals surface area contributed by atoms with Gasteiger partial charge >= 0.3 is 6.09 Å². The molecule has 3 rings (SSSR count). The summed E-state index contributed by atoms with van der Waals surface area (Å²) in [4.78, 5) is 18.7. The quantitative estimate of drug-likeness (QED) is 0.518. The van der Waals surface area contributed by atoms with E-state index in [-0.39, 0.29) is 22.6 Å². The molecule has 0 aliphatic rings. The van der Waals surface area contributed by atoms with Crippen LogP contribution in [-0.2, 0) is 16.4 Å². The van der Waals surface area contributed by atoms with Crippen LogP contribution in [0.25, 0.3) is 11.3 Å². The lowest BCUT2D eigenvalue weighted by Gasteiger charge is -2.30. The maximum Gasteiger partial charge on any atom is 0.404 e. The van der Waals surface area contributed by atoms with Gasteiger partial charge in [0.05, 0.1) is 5.56 Å². The molecule has 3 aromatic heterocycles. The van der Waals surface area contributed by atoms with E-state index in [1.165, 1.54) is 31.3 Å². The fourth-order valence-electron chi connectivity index (χ4n) is 3.42. The van der Waals surface area contributed by atoms with Gasteiger partial charge in [0.2, 0.25) is 5.95 Å². The maximum atomic E-state index is 15.7. The molecule has 3 heterocycles. The molecule has 2 N–H and O–H groups in total. The Hall–Kier alpha value is -3.34. The molecule has 3 aromatic rings. The number of hydrogen-bond acceptors (Lipinski definition) is 5. The lowest BCUT2D eigenvalue weighted by Crippen LogP contribution is -2.44. The first-order chi connectivity index (χ1) is 15.3. The largest absolute Gasteiger partial charge is 0.465 e. The summed E-state index contributed by atoms with van der Waals surface area (Å²) < 4.78 is 57.8. The van der Waals surface area contributed by atoms with Gasteiger partial charge in [-0.2, -0.15) is 12.8 Å². The van der Waals surface area contributed by atoms with Crippen LogP contribution in [-0.4, -0.2) is 39.6 Å². The molecule has 1 amide bonds. The number of aryl methyl sites for hydroxylation is 1. The smallest absolute Gasteiger partial charge is 0.404 e. The van der Waals surface area contributed by atoms with Crippen molar-refractivity contribution in [2.24, 2.45) is 5.41 Å². The Balaban J connectivity index is 2.26. The molecule has 1 unspecified atom stereocenters. The lowest BCUT2D eigenvalue weighted by atomic mass is 9.83. The topological polar surface area (TPSA) is 114 Å². The first-order valence-corrected chi connectivity index (χ1v) is 11.4. The number of halogens is 2. The summed E-state index contributed by atoms with van der Waals surface area (Å²) >= 11 is 0. The summed E-state index contributed by atoms with van der Waals surface area (Å²) in [5.41, 5.74) is -1.28. The molecule has 0 spiro atoms. The molecule has 0 aromatic carbocycles. The van der Waals surface area contributed by atoms with Gasteiger partial charge in [-0.05, 0) is 42.5 Å². The lowest BCUT2D eigenvalue weighted by molar-refractivity contribution is 0.174. The Morgan fingerprint density at radius 1 is 1.18 bits per heavy atom. The van der Waals surface area contributed by atoms with Crippen LogP contribution in [0.15, 0.2) is 47.9 Å². The predicted molar refractivity (Wildman–Crippen MR) is 117 cm³/mol. The Kier molecular flexibility index (Phi) is 6.55. The van der Waals surface area contributed by atoms with Crippen molar-refractivity contribution in [2.75, 3.05) is 0 Å². The summed E-state index contributed by atoms with van der Waals surface area (Å²) in [5.74, 6) is -2.04. The number of nitrogens with one attached hydrogen (secondary N) is 1. The molecule has 1 atom stereocenters. The molecule has 0 saturated heterocycles. The monoisotopic (exact) mass is 478 g/mol. The standard InChI is InChI=1S/C22H24F2N4O4S/c1-13-7-5-10-26-20(13)33(31,32)28-12-14(11-16(22(2,3)4)27-21(29)30)17(23)18(28)15-8-6-9-25-19(15)24/h5-10,12,16,27H,11H2,1-4H3,(H,29,30). The molecule has 0 bridgehead atoms. The molecule has 8 nitrogen and oxygen atoms in total. The third kappa shape index (κ3) is 4.87. The van der Waals surface area contributed by atoms with Crippen molar-refractivity contribution in [2.45, 2.75) is 45.2 Å². The van der Waals surface area contributed by atoms with Crippen LogP contribution in [0.3, 0.4) is 0 Å². The van der Waals surface area contributed by atoms with E-state index in [1.807, 2.05) is 0 Å². The van der Waals surface area contributed by atoms with Crippen molar-refractivity contribution in [3.8, 4) is 11.3 Å². The summed E-state index contributed by atoms with van der Waals surface area (Å²) in [6.45, 7) is 6.83. The van der Waals surface area contributed by atoms with Crippen molar-refractivity contribution >= 4 is 16.1 Å². The normalized spacial score (nSPS) is 13.0. The maximum absolute atomic E-state index is 15.7. The Labute approximate surface area is 190 Å². The van der Waals surface area contributed by atoms with E-state index < -0.39 is 45.0 Å². The van der Waals surface area contributed by atoms with Crippen LogP contribution in [0.4, 0.5) is 13.6 Å². The average Bonchev–Trinajstić information content (AvgIpc) is 3.04. The minimum Gasteiger partial charge on any atom is -0.465 e. The number of amides is 1. The van der Waals surface area contributed by atoms with Crippen molar-refractivity contribution in [3.05, 3.63) is 65.7 Å². The zero-order chi connectivity index (χ0) is 24.6. The van der Waals surface area contributed by atoms with Gasteiger partial charge in [0.25, 0.3) is 10.0 Å². The third-order valence-corrected chi connectivity index (χ3v) is 6.95. The number of carbonyl (C=O) groups is 1. The average molecular weight is 479 g/mol. The SMILES string of the molecule is Cc1cccnc1S(=O)(=O)n1cc(CC(NC(=O)O)C(C)(C)C)c(F)c1-c1cccnc1F. The van der Waals surface area contributed by atoms with Gasteiger partial charge in [0.1, 0.15) is 5.69 Å². The molecule has 0 radical (unpaired) electrons. The summed E-state index contributed by atoms with van der Waals surface area (Å²) in [6.07, 6.45) is 2.03. The van der Waals surface area contributed by atoms with Gasteiger partial charge in [-0.3, -0.25) is 0 Å². The van der Waals surface area contributed by atoms with E-state index in [9.17, 15) is 22.7 Å². The van der Waals surface area contributed by atoms with Crippen LogP contribution < -0.4 is 5.32 Å². The molecule has 0 aliphatic heterocycles. The first-order valence-electron chi connectivity index (χ1n) is 10.0. The van der Waals surface area contributed by atoms with E-state index >= 15 is 4.39 Å². The number of rotatable bonds is 6. The van der Waals surface area contributed by atoms with Gasteiger partial charge in [0, 0.05) is 30.2 Å². The molecule has 0 fully saturated rings.